The van der Waals surface area contributed by atoms with Gasteiger partial charge in [-0.05, 0) is 55.6 Å². The monoisotopic (exact) mass is 417 g/mol. The van der Waals surface area contributed by atoms with Crippen molar-refractivity contribution in [3.8, 4) is 0 Å². The molecule has 1 aromatic rings. The first-order chi connectivity index (χ1) is 11.7. The molecule has 25 heavy (non-hydrogen) atoms. The lowest BCUT2D eigenvalue weighted by Gasteiger charge is -2.23. The number of nitrogens with zero attached hydrogens (tertiary/aromatic N) is 1. The summed E-state index contributed by atoms with van der Waals surface area (Å²) in [6.45, 7) is 7.38. The van der Waals surface area contributed by atoms with Crippen LogP contribution in [0.25, 0.3) is 0 Å². The van der Waals surface area contributed by atoms with Crippen LogP contribution in [0.15, 0.2) is 16.6 Å². The summed E-state index contributed by atoms with van der Waals surface area (Å²) in [7, 11) is 1.69. The third-order valence-corrected chi connectivity index (χ3v) is 3.91. The molecule has 0 unspecified atom stereocenters. The molecule has 0 saturated carbocycles. The van der Waals surface area contributed by atoms with Gasteiger partial charge in [-0.1, -0.05) is 0 Å². The lowest BCUT2D eigenvalue weighted by molar-refractivity contribution is -0.105. The highest BCUT2D eigenvalue weighted by atomic mass is 79.9. The quantitative estimate of drug-likeness (QED) is 0.722. The second-order valence-corrected chi connectivity index (χ2v) is 7.35. The molecule has 1 aliphatic rings. The number of amides is 2. The van der Waals surface area contributed by atoms with Gasteiger partial charge in [-0.2, -0.15) is 0 Å². The Morgan fingerprint density at radius 3 is 2.36 bits per heavy atom. The standard InChI is InChI=1S/C9H17NO2.C8H8BrFN2O/c1-9(2,3)12-8(11)10-6-4-5-7-10;1-11-7-2-5(9)6(10)3-8(7)12-4-13/h4-7H2,1-3H3;2-4,11H,1H3,(H,12,13). The van der Waals surface area contributed by atoms with Gasteiger partial charge in [-0.3, -0.25) is 4.79 Å². The van der Waals surface area contributed by atoms with Gasteiger partial charge in [-0.25, -0.2) is 9.18 Å². The molecule has 1 aromatic carbocycles. The van der Waals surface area contributed by atoms with Gasteiger partial charge >= 0.3 is 6.09 Å². The molecule has 2 amide bonds. The van der Waals surface area contributed by atoms with Gasteiger partial charge in [0.2, 0.25) is 6.41 Å². The minimum Gasteiger partial charge on any atom is -0.444 e. The van der Waals surface area contributed by atoms with Crippen molar-refractivity contribution in [2.45, 2.75) is 39.2 Å². The van der Waals surface area contributed by atoms with Crippen LogP contribution in [-0.2, 0) is 9.53 Å². The largest absolute Gasteiger partial charge is 0.444 e. The number of carbonyl (C=O) groups excluding carboxylic acids is 2. The van der Waals surface area contributed by atoms with E-state index in [-0.39, 0.29) is 11.7 Å². The zero-order valence-electron chi connectivity index (χ0n) is 15.0. The zero-order chi connectivity index (χ0) is 19.0. The van der Waals surface area contributed by atoms with Crippen molar-refractivity contribution in [3.63, 3.8) is 0 Å². The van der Waals surface area contributed by atoms with Crippen LogP contribution in [0, 0.1) is 5.82 Å². The molecule has 0 bridgehead atoms. The fraction of sp³-hybridized carbons (Fsp3) is 0.529. The van der Waals surface area contributed by atoms with Crippen LogP contribution in [0.1, 0.15) is 33.6 Å². The molecule has 1 aliphatic heterocycles. The van der Waals surface area contributed by atoms with Crippen molar-refractivity contribution in [2.24, 2.45) is 0 Å². The molecule has 1 saturated heterocycles. The van der Waals surface area contributed by atoms with Crippen molar-refractivity contribution in [3.05, 3.63) is 22.4 Å². The maximum atomic E-state index is 13.0. The molecule has 0 spiro atoms. The highest BCUT2D eigenvalue weighted by molar-refractivity contribution is 9.10. The minimum absolute atomic E-state index is 0.167. The van der Waals surface area contributed by atoms with E-state index < -0.39 is 5.82 Å². The number of carbonyl (C=O) groups is 2. The third-order valence-electron chi connectivity index (χ3n) is 3.30. The molecular weight excluding hydrogens is 393 g/mol. The summed E-state index contributed by atoms with van der Waals surface area (Å²) in [4.78, 5) is 23.3. The fourth-order valence-electron chi connectivity index (χ4n) is 2.16. The number of benzene rings is 1. The van der Waals surface area contributed by atoms with Crippen molar-refractivity contribution in [2.75, 3.05) is 30.8 Å². The Morgan fingerprint density at radius 2 is 1.88 bits per heavy atom. The molecule has 8 heteroatoms. The van der Waals surface area contributed by atoms with Crippen LogP contribution in [0.2, 0.25) is 0 Å². The van der Waals surface area contributed by atoms with E-state index in [1.54, 1.807) is 18.0 Å². The average Bonchev–Trinajstić information content (AvgIpc) is 3.04. The maximum Gasteiger partial charge on any atom is 0.410 e. The third kappa shape index (κ3) is 7.29. The summed E-state index contributed by atoms with van der Waals surface area (Å²) in [5.41, 5.74) is 0.707. The van der Waals surface area contributed by atoms with E-state index >= 15 is 0 Å². The van der Waals surface area contributed by atoms with E-state index in [9.17, 15) is 14.0 Å². The molecular formula is C17H25BrFN3O3. The lowest BCUT2D eigenvalue weighted by Crippen LogP contribution is -2.34. The normalized spacial score (nSPS) is 13.6. The van der Waals surface area contributed by atoms with Crippen molar-refractivity contribution >= 4 is 39.8 Å². The highest BCUT2D eigenvalue weighted by Crippen LogP contribution is 2.28. The van der Waals surface area contributed by atoms with Gasteiger partial charge in [0, 0.05) is 26.2 Å². The Kier molecular flexibility index (Phi) is 8.15. The van der Waals surface area contributed by atoms with E-state index in [2.05, 4.69) is 26.6 Å². The van der Waals surface area contributed by atoms with Gasteiger partial charge < -0.3 is 20.3 Å². The molecule has 0 aliphatic carbocycles. The number of anilines is 2. The lowest BCUT2D eigenvalue weighted by atomic mass is 10.2. The second kappa shape index (κ2) is 9.60. The molecule has 1 fully saturated rings. The van der Waals surface area contributed by atoms with Crippen LogP contribution in [-0.4, -0.2) is 43.1 Å². The molecule has 0 radical (unpaired) electrons. The summed E-state index contributed by atoms with van der Waals surface area (Å²) in [5.74, 6) is -0.414. The molecule has 140 valence electrons. The van der Waals surface area contributed by atoms with Crippen LogP contribution in [0.4, 0.5) is 20.6 Å². The van der Waals surface area contributed by atoms with Gasteiger partial charge in [0.05, 0.1) is 15.8 Å². The Labute approximate surface area is 156 Å². The number of rotatable bonds is 3. The summed E-state index contributed by atoms with van der Waals surface area (Å²) in [5, 5.41) is 5.22. The first-order valence-electron chi connectivity index (χ1n) is 8.03. The van der Waals surface area contributed by atoms with Crippen molar-refractivity contribution in [1.82, 2.24) is 4.90 Å². The average molecular weight is 418 g/mol. The molecule has 0 atom stereocenters. The predicted molar refractivity (Wildman–Crippen MR) is 100 cm³/mol. The van der Waals surface area contributed by atoms with E-state index in [0.717, 1.165) is 25.9 Å². The van der Waals surface area contributed by atoms with Crippen LogP contribution in [0.5, 0.6) is 0 Å². The minimum atomic E-state index is -0.414. The van der Waals surface area contributed by atoms with Gasteiger partial charge in [0.25, 0.3) is 0 Å². The number of hydrogen-bond donors (Lipinski definition) is 2. The highest BCUT2D eigenvalue weighted by Gasteiger charge is 2.23. The number of nitrogens with one attached hydrogen (secondary N) is 2. The molecule has 1 heterocycles. The Balaban J connectivity index is 0.000000251. The SMILES string of the molecule is CC(C)(C)OC(=O)N1CCCC1.CNc1cc(Br)c(F)cc1NC=O. The zero-order valence-corrected chi connectivity index (χ0v) is 16.6. The number of hydrogen-bond acceptors (Lipinski definition) is 4. The molecule has 2 N–H and O–H groups in total. The number of ether oxygens (including phenoxy) is 1. The fourth-order valence-corrected chi connectivity index (χ4v) is 2.51. The van der Waals surface area contributed by atoms with Crippen molar-refractivity contribution < 1.29 is 18.7 Å². The number of halogens is 2. The van der Waals surface area contributed by atoms with Crippen LogP contribution in [0.3, 0.4) is 0 Å². The van der Waals surface area contributed by atoms with Gasteiger partial charge in [0.15, 0.2) is 0 Å². The van der Waals surface area contributed by atoms with Crippen molar-refractivity contribution in [1.29, 1.82) is 0 Å². The first-order valence-corrected chi connectivity index (χ1v) is 8.82. The maximum absolute atomic E-state index is 13.0. The second-order valence-electron chi connectivity index (χ2n) is 6.50. The van der Waals surface area contributed by atoms with E-state index in [1.165, 1.54) is 6.07 Å². The summed E-state index contributed by atoms with van der Waals surface area (Å²) in [6.07, 6.45) is 2.56. The topological polar surface area (TPSA) is 70.7 Å². The van der Waals surface area contributed by atoms with E-state index in [4.69, 9.17) is 4.74 Å². The molecule has 2 rings (SSSR count). The Morgan fingerprint density at radius 1 is 1.28 bits per heavy atom. The molecule has 0 aromatic heterocycles. The van der Waals surface area contributed by atoms with Gasteiger partial charge in [-0.15, -0.1) is 0 Å². The Bertz CT molecular complexity index is 600. The van der Waals surface area contributed by atoms with Gasteiger partial charge in [0.1, 0.15) is 11.4 Å². The summed E-state index contributed by atoms with van der Waals surface area (Å²) in [6, 6.07) is 2.80. The molecule has 6 nitrogen and oxygen atoms in total. The van der Waals surface area contributed by atoms with E-state index in [0.29, 0.717) is 22.3 Å². The van der Waals surface area contributed by atoms with Crippen LogP contribution < -0.4 is 10.6 Å². The predicted octanol–water partition coefficient (Wildman–Crippen LogP) is 4.22. The number of likely N-dealkylation sites (tertiary alicyclic amines) is 1. The Hall–Kier alpha value is -1.83. The van der Waals surface area contributed by atoms with E-state index in [1.807, 2.05) is 20.8 Å². The van der Waals surface area contributed by atoms with Crippen LogP contribution >= 0.6 is 15.9 Å². The summed E-state index contributed by atoms with van der Waals surface area (Å²) < 4.78 is 18.6. The smallest absolute Gasteiger partial charge is 0.410 e. The summed E-state index contributed by atoms with van der Waals surface area (Å²) >= 11 is 3.04. The first kappa shape index (κ1) is 21.2.